The van der Waals surface area contributed by atoms with Crippen LogP contribution in [-0.2, 0) is 5.41 Å². The summed E-state index contributed by atoms with van der Waals surface area (Å²) >= 11 is 0. The molecule has 254 valence electrons. The fraction of sp³-hybridized carbons (Fsp3) is 0.0200. The van der Waals surface area contributed by atoms with Gasteiger partial charge >= 0.3 is 0 Å². The van der Waals surface area contributed by atoms with E-state index in [1.54, 1.807) is 6.07 Å². The zero-order chi connectivity index (χ0) is 36.7. The van der Waals surface area contributed by atoms with Gasteiger partial charge in [-0.25, -0.2) is 4.85 Å². The van der Waals surface area contributed by atoms with Gasteiger partial charge in [0.15, 0.2) is 5.69 Å². The summed E-state index contributed by atoms with van der Waals surface area (Å²) in [5.41, 5.74) is 15.4. The van der Waals surface area contributed by atoms with Gasteiger partial charge in [-0.2, -0.15) is 0 Å². The normalized spacial score (nSPS) is 13.2. The lowest BCUT2D eigenvalue weighted by Gasteiger charge is -2.45. The third-order valence-corrected chi connectivity index (χ3v) is 11.5. The van der Waals surface area contributed by atoms with E-state index in [0.717, 1.165) is 55.7 Å². The van der Waals surface area contributed by atoms with Crippen LogP contribution in [0.2, 0.25) is 0 Å². The van der Waals surface area contributed by atoms with Crippen LogP contribution in [0.3, 0.4) is 0 Å². The Balaban J connectivity index is 1.25. The van der Waals surface area contributed by atoms with E-state index in [4.69, 9.17) is 13.1 Å². The molecule has 2 aliphatic rings. The zero-order valence-electron chi connectivity index (χ0n) is 29.5. The number of pyridine rings is 1. The Kier molecular flexibility index (Phi) is 6.53. The highest BCUT2D eigenvalue weighted by Gasteiger charge is 2.51. The van der Waals surface area contributed by atoms with Gasteiger partial charge in [-0.05, 0) is 87.0 Å². The summed E-state index contributed by atoms with van der Waals surface area (Å²) in [5.74, 6) is 0. The second kappa shape index (κ2) is 11.6. The Bertz CT molecular complexity index is 3010. The molecule has 0 bridgehead atoms. The van der Waals surface area contributed by atoms with Gasteiger partial charge in [0.1, 0.15) is 0 Å². The fourth-order valence-electron chi connectivity index (χ4n) is 9.41. The first kappa shape index (κ1) is 30.9. The second-order valence-electron chi connectivity index (χ2n) is 14.1. The Morgan fingerprint density at radius 2 is 1.07 bits per heavy atom. The van der Waals surface area contributed by atoms with E-state index < -0.39 is 5.41 Å². The molecule has 0 fully saturated rings. The molecule has 7 aromatic carbocycles. The van der Waals surface area contributed by atoms with Gasteiger partial charge in [-0.15, -0.1) is 0 Å². The van der Waals surface area contributed by atoms with Crippen LogP contribution in [0.15, 0.2) is 176 Å². The minimum Gasteiger partial charge on any atom is -0.310 e. The van der Waals surface area contributed by atoms with Crippen LogP contribution in [0.5, 0.6) is 0 Å². The fourth-order valence-corrected chi connectivity index (χ4v) is 9.41. The summed E-state index contributed by atoms with van der Waals surface area (Å²) in [4.78, 5) is 14.6. The Morgan fingerprint density at radius 3 is 1.76 bits per heavy atom. The molecule has 0 N–H and O–H groups in total. The summed E-state index contributed by atoms with van der Waals surface area (Å²) in [5, 5.41) is 2.18. The molecule has 0 atom stereocenters. The number of anilines is 3. The van der Waals surface area contributed by atoms with Gasteiger partial charge in [-0.3, -0.25) is 9.83 Å². The number of hydrogen-bond donors (Lipinski definition) is 0. The molecule has 55 heavy (non-hydrogen) atoms. The number of fused-ring (bicyclic) bond motifs is 12. The van der Waals surface area contributed by atoms with Gasteiger partial charge in [0.2, 0.25) is 5.69 Å². The van der Waals surface area contributed by atoms with Crippen LogP contribution in [-0.4, -0.2) is 9.55 Å². The number of benzene rings is 7. The molecule has 0 radical (unpaired) electrons. The molecule has 5 heteroatoms. The summed E-state index contributed by atoms with van der Waals surface area (Å²) < 4.78 is 2.29. The van der Waals surface area contributed by atoms with Crippen molar-refractivity contribution in [3.63, 3.8) is 0 Å². The maximum atomic E-state index is 8.20. The van der Waals surface area contributed by atoms with E-state index in [1.165, 1.54) is 33.4 Å². The monoisotopic (exact) mass is 699 g/mol. The molecule has 0 saturated heterocycles. The van der Waals surface area contributed by atoms with Crippen molar-refractivity contribution >= 4 is 50.2 Å². The van der Waals surface area contributed by atoms with E-state index in [1.807, 2.05) is 24.5 Å². The molecule has 9 aromatic rings. The predicted octanol–water partition coefficient (Wildman–Crippen LogP) is 13.1. The molecule has 1 spiro atoms. The van der Waals surface area contributed by atoms with Gasteiger partial charge < -0.3 is 9.47 Å². The smallest absolute Gasteiger partial charge is 0.202 e. The molecule has 1 aliphatic carbocycles. The highest BCUT2D eigenvalue weighted by atomic mass is 15.2. The van der Waals surface area contributed by atoms with E-state index in [2.05, 4.69) is 170 Å². The number of para-hydroxylation sites is 4. The average Bonchev–Trinajstić information content (AvgIpc) is 3.74. The molecule has 3 heterocycles. The van der Waals surface area contributed by atoms with E-state index in [0.29, 0.717) is 11.4 Å². The van der Waals surface area contributed by atoms with Gasteiger partial charge in [0, 0.05) is 34.5 Å². The van der Waals surface area contributed by atoms with Gasteiger partial charge in [0.05, 0.1) is 41.0 Å². The van der Waals surface area contributed by atoms with Crippen LogP contribution in [0.1, 0.15) is 22.3 Å². The molecular weight excluding hydrogens is 671 g/mol. The van der Waals surface area contributed by atoms with Crippen LogP contribution >= 0.6 is 0 Å². The van der Waals surface area contributed by atoms with E-state index >= 15 is 0 Å². The van der Waals surface area contributed by atoms with Crippen molar-refractivity contribution in [2.75, 3.05) is 4.90 Å². The molecule has 0 amide bonds. The highest BCUT2D eigenvalue weighted by molar-refractivity contribution is 6.09. The standard InChI is InChI=1S/C50H29N5/c1-51-44-22-13-17-35(49(44)52-2)32-28-33(54-45-23-10-5-16-38(45)39-31-53-27-26-46(39)54)30-34(29-32)55-47-24-11-8-20-42(47)50(43-21-9-12-25-48(43)55)40-18-6-3-14-36(40)37-15-4-7-19-41(37)50/h3-31H. The Morgan fingerprint density at radius 1 is 0.491 bits per heavy atom. The average molecular weight is 700 g/mol. The van der Waals surface area contributed by atoms with Crippen LogP contribution in [0.4, 0.5) is 28.4 Å². The molecule has 11 rings (SSSR count). The third-order valence-electron chi connectivity index (χ3n) is 11.5. The van der Waals surface area contributed by atoms with Crippen molar-refractivity contribution in [3.8, 4) is 27.9 Å². The largest absolute Gasteiger partial charge is 0.310 e. The van der Waals surface area contributed by atoms with Crippen molar-refractivity contribution in [1.82, 2.24) is 9.55 Å². The van der Waals surface area contributed by atoms with Crippen molar-refractivity contribution < 1.29 is 0 Å². The summed E-state index contributed by atoms with van der Waals surface area (Å²) in [6, 6.07) is 58.0. The Hall–Kier alpha value is -7.73. The lowest BCUT2D eigenvalue weighted by molar-refractivity contribution is 0.752. The first-order chi connectivity index (χ1) is 27.2. The summed E-state index contributed by atoms with van der Waals surface area (Å²) in [7, 11) is 0. The number of nitrogens with zero attached hydrogens (tertiary/aromatic N) is 5. The molecule has 0 saturated carbocycles. The number of aromatic nitrogens is 2. The quantitative estimate of drug-likeness (QED) is 0.172. The van der Waals surface area contributed by atoms with Crippen molar-refractivity contribution in [2.24, 2.45) is 0 Å². The number of rotatable bonds is 3. The van der Waals surface area contributed by atoms with E-state index in [-0.39, 0.29) is 0 Å². The van der Waals surface area contributed by atoms with Crippen molar-refractivity contribution in [1.29, 1.82) is 0 Å². The summed E-state index contributed by atoms with van der Waals surface area (Å²) in [6.45, 7) is 16.1. The van der Waals surface area contributed by atoms with Crippen LogP contribution < -0.4 is 4.90 Å². The minimum absolute atomic E-state index is 0.344. The molecular formula is C50H29N5. The van der Waals surface area contributed by atoms with E-state index in [9.17, 15) is 0 Å². The highest BCUT2D eigenvalue weighted by Crippen LogP contribution is 2.63. The van der Waals surface area contributed by atoms with Crippen molar-refractivity contribution in [2.45, 2.75) is 5.41 Å². The second-order valence-corrected chi connectivity index (χ2v) is 14.1. The van der Waals surface area contributed by atoms with Gasteiger partial charge in [0.25, 0.3) is 0 Å². The molecule has 1 aliphatic heterocycles. The lowest BCUT2D eigenvalue weighted by atomic mass is 9.64. The molecule has 5 nitrogen and oxygen atoms in total. The molecule has 2 aromatic heterocycles. The minimum atomic E-state index is -0.529. The van der Waals surface area contributed by atoms with Crippen LogP contribution in [0.25, 0.3) is 59.4 Å². The summed E-state index contributed by atoms with van der Waals surface area (Å²) in [6.07, 6.45) is 3.77. The zero-order valence-corrected chi connectivity index (χ0v) is 29.5. The van der Waals surface area contributed by atoms with Crippen LogP contribution in [0, 0.1) is 13.1 Å². The molecule has 0 unspecified atom stereocenters. The predicted molar refractivity (Wildman–Crippen MR) is 222 cm³/mol. The SMILES string of the molecule is [C-]#[N+]c1cccc(-c2cc(N3c4ccccc4C4(c5ccccc5-c5ccccc54)c4ccccc43)cc(-n3c4ccccc4c4cnccc43)c2)c1[N+]#[C-]. The Labute approximate surface area is 318 Å². The maximum absolute atomic E-state index is 8.20. The van der Waals surface area contributed by atoms with Gasteiger partial charge in [-0.1, -0.05) is 121 Å². The lowest BCUT2D eigenvalue weighted by Crippen LogP contribution is -2.36. The number of hydrogen-bond acceptors (Lipinski definition) is 2. The van der Waals surface area contributed by atoms with Crippen molar-refractivity contribution in [3.05, 3.63) is 221 Å². The third kappa shape index (κ3) is 4.12. The first-order valence-electron chi connectivity index (χ1n) is 18.3. The maximum Gasteiger partial charge on any atom is 0.202 e. The topological polar surface area (TPSA) is 29.8 Å². The first-order valence-corrected chi connectivity index (χ1v) is 18.3.